The molecule has 2 heterocycles. The molecule has 0 spiro atoms. The maximum atomic E-state index is 9.14. The van der Waals surface area contributed by atoms with Crippen LogP contribution in [0.3, 0.4) is 0 Å². The van der Waals surface area contributed by atoms with Crippen LogP contribution in [-0.4, -0.2) is 35.3 Å². The molecule has 0 atom stereocenters. The third-order valence-corrected chi connectivity index (χ3v) is 4.48. The number of benzene rings is 1. The predicted octanol–water partition coefficient (Wildman–Crippen LogP) is 3.27. The van der Waals surface area contributed by atoms with Gasteiger partial charge in [-0.3, -0.25) is 4.98 Å². The van der Waals surface area contributed by atoms with Crippen LogP contribution >= 0.6 is 0 Å². The first-order chi connectivity index (χ1) is 16.1. The summed E-state index contributed by atoms with van der Waals surface area (Å²) in [7, 11) is 1.63. The number of anilines is 1. The molecule has 4 N–H and O–H groups in total. The van der Waals surface area contributed by atoms with E-state index < -0.39 is 0 Å². The number of nitriles is 1. The van der Waals surface area contributed by atoms with Crippen molar-refractivity contribution in [1.82, 2.24) is 20.3 Å². The van der Waals surface area contributed by atoms with Crippen molar-refractivity contribution in [2.45, 2.75) is 13.2 Å². The summed E-state index contributed by atoms with van der Waals surface area (Å²) in [5, 5.41) is 15.8. The molecule has 0 bridgehead atoms. The second-order valence-electron chi connectivity index (χ2n) is 6.88. The van der Waals surface area contributed by atoms with E-state index in [0.29, 0.717) is 43.3 Å². The number of nitrogens with zero attached hydrogens (tertiary/aromatic N) is 5. The fraction of sp³-hybridized carbons (Fsp3) is 0.217. The smallest absolute Gasteiger partial charge is 0.221 e. The number of hydrogen-bond acceptors (Lipinski definition) is 10. The molecular weight excluding hydrogens is 420 g/mol. The lowest BCUT2D eigenvalue weighted by Gasteiger charge is -2.08. The van der Waals surface area contributed by atoms with Crippen LogP contribution in [0.2, 0.25) is 0 Å². The van der Waals surface area contributed by atoms with Gasteiger partial charge in [-0.25, -0.2) is 15.5 Å². The highest BCUT2D eigenvalue weighted by atomic mass is 16.5. The van der Waals surface area contributed by atoms with Crippen LogP contribution in [0.1, 0.15) is 22.6 Å². The fourth-order valence-corrected chi connectivity index (χ4v) is 2.94. The van der Waals surface area contributed by atoms with Crippen molar-refractivity contribution in [3.05, 3.63) is 77.4 Å². The van der Waals surface area contributed by atoms with Gasteiger partial charge in [-0.05, 0) is 30.3 Å². The van der Waals surface area contributed by atoms with Gasteiger partial charge in [-0.15, -0.1) is 0 Å². The van der Waals surface area contributed by atoms with Crippen LogP contribution in [0.15, 0.2) is 59.8 Å². The summed E-state index contributed by atoms with van der Waals surface area (Å²) in [6, 6.07) is 16.5. The largest absolute Gasteiger partial charge is 0.383 e. The van der Waals surface area contributed by atoms with Crippen LogP contribution in [-0.2, 0) is 22.6 Å². The zero-order chi connectivity index (χ0) is 23.5. The molecule has 0 saturated carbocycles. The molecule has 0 saturated heterocycles. The van der Waals surface area contributed by atoms with E-state index in [4.69, 9.17) is 26.0 Å². The molecule has 0 radical (unpaired) electrons. The average Bonchev–Trinajstić information content (AvgIpc) is 2.84. The summed E-state index contributed by atoms with van der Waals surface area (Å²) in [4.78, 5) is 13.0. The van der Waals surface area contributed by atoms with E-state index >= 15 is 0 Å². The molecule has 0 aliphatic carbocycles. The van der Waals surface area contributed by atoms with Crippen molar-refractivity contribution >= 4 is 11.6 Å². The summed E-state index contributed by atoms with van der Waals surface area (Å²) in [6.45, 7) is 1.85. The second-order valence-corrected chi connectivity index (χ2v) is 6.88. The maximum absolute atomic E-state index is 9.14. The van der Waals surface area contributed by atoms with Crippen LogP contribution in [0.5, 0.6) is 0 Å². The third kappa shape index (κ3) is 6.90. The Labute approximate surface area is 191 Å². The Kier molecular flexibility index (Phi) is 8.53. The number of pyridine rings is 1. The lowest BCUT2D eigenvalue weighted by Crippen LogP contribution is -2.10. The summed E-state index contributed by atoms with van der Waals surface area (Å²) in [5.41, 5.74) is 17.5. The highest BCUT2D eigenvalue weighted by Crippen LogP contribution is 2.23. The highest BCUT2D eigenvalue weighted by Gasteiger charge is 2.10. The molecule has 1 aromatic carbocycles. The van der Waals surface area contributed by atoms with Gasteiger partial charge in [0.05, 0.1) is 60.8 Å². The molecule has 10 nitrogen and oxygen atoms in total. The lowest BCUT2D eigenvalue weighted by molar-refractivity contribution is 0.0601. The topological polar surface area (TPSA) is 155 Å². The zero-order valence-electron chi connectivity index (χ0n) is 18.2. The number of nitrogens with two attached hydrogens (primary N) is 1. The molecule has 10 heteroatoms. The Morgan fingerprint density at radius 2 is 1.97 bits per heavy atom. The second kappa shape index (κ2) is 12.0. The van der Waals surface area contributed by atoms with Crippen molar-refractivity contribution in [1.29, 1.82) is 10.8 Å². The van der Waals surface area contributed by atoms with Crippen molar-refractivity contribution in [2.75, 3.05) is 26.1 Å². The molecule has 33 heavy (non-hydrogen) atoms. The summed E-state index contributed by atoms with van der Waals surface area (Å²) in [6.07, 6.45) is 1.58. The first kappa shape index (κ1) is 23.5. The number of hydrogen-bond donors (Lipinski definition) is 3. The van der Waals surface area contributed by atoms with Gasteiger partial charge in [-0.2, -0.15) is 10.4 Å². The van der Waals surface area contributed by atoms with E-state index in [1.54, 1.807) is 37.6 Å². The Morgan fingerprint density at radius 3 is 2.76 bits per heavy atom. The van der Waals surface area contributed by atoms with Gasteiger partial charge < -0.3 is 20.5 Å². The van der Waals surface area contributed by atoms with Gasteiger partial charge in [0.1, 0.15) is 5.70 Å². The minimum atomic E-state index is 0.0438. The van der Waals surface area contributed by atoms with E-state index in [1.807, 2.05) is 24.3 Å². The number of ether oxygens (including phenoxy) is 2. The molecule has 3 rings (SSSR count). The van der Waals surface area contributed by atoms with Crippen molar-refractivity contribution in [3.8, 4) is 17.3 Å². The first-order valence-corrected chi connectivity index (χ1v) is 10.1. The minimum Gasteiger partial charge on any atom is -0.383 e. The molecule has 0 aliphatic rings. The molecular formula is C23H24N8O2. The first-order valence-electron chi connectivity index (χ1n) is 10.1. The fourth-order valence-electron chi connectivity index (χ4n) is 2.94. The van der Waals surface area contributed by atoms with Gasteiger partial charge in [0.15, 0.2) is 0 Å². The van der Waals surface area contributed by atoms with Gasteiger partial charge in [-0.1, -0.05) is 18.2 Å². The van der Waals surface area contributed by atoms with Gasteiger partial charge in [0.2, 0.25) is 5.95 Å². The average molecular weight is 444 g/mol. The molecule has 168 valence electrons. The Morgan fingerprint density at radius 1 is 1.15 bits per heavy atom. The van der Waals surface area contributed by atoms with Gasteiger partial charge in [0, 0.05) is 18.9 Å². The molecule has 3 aromatic rings. The molecule has 0 unspecified atom stereocenters. The van der Waals surface area contributed by atoms with Crippen LogP contribution < -0.4 is 11.1 Å². The Balaban J connectivity index is 1.72. The van der Waals surface area contributed by atoms with Crippen LogP contribution in [0.4, 0.5) is 5.95 Å². The van der Waals surface area contributed by atoms with Crippen molar-refractivity contribution in [2.24, 2.45) is 5.11 Å². The van der Waals surface area contributed by atoms with E-state index in [2.05, 4.69) is 31.5 Å². The number of aromatic nitrogens is 3. The maximum Gasteiger partial charge on any atom is 0.221 e. The highest BCUT2D eigenvalue weighted by molar-refractivity contribution is 5.69. The zero-order valence-corrected chi connectivity index (χ0v) is 18.2. The van der Waals surface area contributed by atoms with Crippen molar-refractivity contribution in [3.63, 3.8) is 0 Å². The van der Waals surface area contributed by atoms with E-state index in [1.165, 1.54) is 0 Å². The Hall–Kier alpha value is -4.20. The van der Waals surface area contributed by atoms with E-state index in [9.17, 15) is 0 Å². The summed E-state index contributed by atoms with van der Waals surface area (Å²) in [5.74, 6) is 0.0438. The van der Waals surface area contributed by atoms with Crippen LogP contribution in [0, 0.1) is 16.9 Å². The number of nitrogens with one attached hydrogen (secondary N) is 2. The molecule has 2 aromatic heterocycles. The van der Waals surface area contributed by atoms with E-state index in [0.717, 1.165) is 17.0 Å². The Bertz CT molecular complexity index is 1170. The monoisotopic (exact) mass is 444 g/mol. The number of rotatable bonds is 11. The minimum absolute atomic E-state index is 0.0438. The van der Waals surface area contributed by atoms with Gasteiger partial charge in [0.25, 0.3) is 0 Å². The quantitative estimate of drug-likeness (QED) is 0.300. The predicted molar refractivity (Wildman–Crippen MR) is 122 cm³/mol. The molecule has 0 fully saturated rings. The third-order valence-electron chi connectivity index (χ3n) is 4.48. The standard InChI is InChI=1S/C23H24N8O2/c1-32-8-9-33-15-19-7-3-6-18(28-19)13-27-14-22(31-26)21-11-20(29-23(25)30-21)17-5-2-4-16(10-17)12-24/h2-7,10-11,14,26-27H,8-9,13,15H2,1H3,(H2,25,29,30)/b22-14-,31-26?. The summed E-state index contributed by atoms with van der Waals surface area (Å²) >= 11 is 0. The number of methoxy groups -OCH3 is 1. The SMILES string of the molecule is COCCOCc1cccc(CN/C=C(\N=N)c2cc(-c3cccc(C#N)c3)nc(N)n2)n1. The summed E-state index contributed by atoms with van der Waals surface area (Å²) < 4.78 is 10.5. The molecule has 0 amide bonds. The van der Waals surface area contributed by atoms with Gasteiger partial charge >= 0.3 is 0 Å². The molecule has 0 aliphatic heterocycles. The normalized spacial score (nSPS) is 11.1. The van der Waals surface area contributed by atoms with Crippen LogP contribution in [0.25, 0.3) is 17.0 Å². The lowest BCUT2D eigenvalue weighted by atomic mass is 10.1. The van der Waals surface area contributed by atoms with Crippen molar-refractivity contribution < 1.29 is 9.47 Å². The number of nitrogen functional groups attached to an aromatic ring is 1. The van der Waals surface area contributed by atoms with E-state index in [-0.39, 0.29) is 11.6 Å².